The summed E-state index contributed by atoms with van der Waals surface area (Å²) in [4.78, 5) is 17.3. The Balaban J connectivity index is 1.49. The molecule has 1 aliphatic heterocycles. The van der Waals surface area contributed by atoms with Crippen molar-refractivity contribution in [2.24, 2.45) is 0 Å². The fourth-order valence-corrected chi connectivity index (χ4v) is 4.19. The molecule has 0 spiro atoms. The van der Waals surface area contributed by atoms with Crippen molar-refractivity contribution in [3.05, 3.63) is 58.7 Å². The number of amides is 1. The number of rotatable bonds is 3. The molecule has 28 heavy (non-hydrogen) atoms. The highest BCUT2D eigenvalue weighted by molar-refractivity contribution is 7.20. The Morgan fingerprint density at radius 3 is 2.93 bits per heavy atom. The minimum Gasteiger partial charge on any atom is -0.454 e. The van der Waals surface area contributed by atoms with E-state index in [0.717, 1.165) is 10.4 Å². The second-order valence-electron chi connectivity index (χ2n) is 6.19. The molecule has 7 nitrogen and oxygen atoms in total. The monoisotopic (exact) mass is 412 g/mol. The predicted molar refractivity (Wildman–Crippen MR) is 107 cm³/mol. The van der Waals surface area contributed by atoms with E-state index in [9.17, 15) is 4.79 Å². The SMILES string of the molecule is Cc1cc(NC(=O)c2ccc3c(c2)OCO3)n(-c2nc3c(Cl)cccc3s2)n1. The first-order valence-electron chi connectivity index (χ1n) is 8.41. The summed E-state index contributed by atoms with van der Waals surface area (Å²) in [5.41, 5.74) is 1.93. The number of aryl methyl sites for hydroxylation is 1. The van der Waals surface area contributed by atoms with Crippen molar-refractivity contribution in [1.29, 1.82) is 0 Å². The number of ether oxygens (including phenoxy) is 2. The Hall–Kier alpha value is -3.10. The van der Waals surface area contributed by atoms with E-state index in [4.69, 9.17) is 21.1 Å². The van der Waals surface area contributed by atoms with Crippen molar-refractivity contribution in [3.63, 3.8) is 0 Å². The summed E-state index contributed by atoms with van der Waals surface area (Å²) in [5, 5.41) is 8.57. The summed E-state index contributed by atoms with van der Waals surface area (Å²) in [6.07, 6.45) is 0. The molecule has 0 aliphatic carbocycles. The average molecular weight is 413 g/mol. The van der Waals surface area contributed by atoms with Gasteiger partial charge in [-0.1, -0.05) is 29.0 Å². The van der Waals surface area contributed by atoms with Crippen LogP contribution in [0, 0.1) is 6.92 Å². The second-order valence-corrected chi connectivity index (χ2v) is 7.60. The average Bonchev–Trinajstić information content (AvgIpc) is 3.39. The quantitative estimate of drug-likeness (QED) is 0.538. The molecule has 4 aromatic rings. The summed E-state index contributed by atoms with van der Waals surface area (Å²) in [6, 6.07) is 12.5. The van der Waals surface area contributed by atoms with Crippen molar-refractivity contribution in [1.82, 2.24) is 14.8 Å². The lowest BCUT2D eigenvalue weighted by molar-refractivity contribution is 0.102. The van der Waals surface area contributed by atoms with Gasteiger partial charge in [0.25, 0.3) is 5.91 Å². The predicted octanol–water partition coefficient (Wildman–Crippen LogP) is 4.42. The molecule has 5 rings (SSSR count). The molecule has 2 aromatic heterocycles. The maximum atomic E-state index is 12.7. The zero-order valence-corrected chi connectivity index (χ0v) is 16.2. The van der Waals surface area contributed by atoms with E-state index in [-0.39, 0.29) is 12.7 Å². The first kappa shape index (κ1) is 17.0. The Kier molecular flexibility index (Phi) is 3.96. The first-order valence-corrected chi connectivity index (χ1v) is 9.61. The number of carbonyl (C=O) groups excluding carboxylic acids is 1. The van der Waals surface area contributed by atoms with E-state index in [2.05, 4.69) is 15.4 Å². The van der Waals surface area contributed by atoms with Gasteiger partial charge in [-0.25, -0.2) is 4.98 Å². The number of hydrogen-bond donors (Lipinski definition) is 1. The highest BCUT2D eigenvalue weighted by atomic mass is 35.5. The van der Waals surface area contributed by atoms with Crippen LogP contribution >= 0.6 is 22.9 Å². The fraction of sp³-hybridized carbons (Fsp3) is 0.105. The number of nitrogens with one attached hydrogen (secondary N) is 1. The molecule has 1 amide bonds. The molecule has 0 atom stereocenters. The molecule has 0 saturated carbocycles. The van der Waals surface area contributed by atoms with Crippen LogP contribution in [-0.4, -0.2) is 27.5 Å². The number of para-hydroxylation sites is 1. The van der Waals surface area contributed by atoms with Crippen molar-refractivity contribution in [2.75, 3.05) is 12.1 Å². The highest BCUT2D eigenvalue weighted by Gasteiger charge is 2.19. The number of thiazole rings is 1. The van der Waals surface area contributed by atoms with Gasteiger partial charge in [-0.05, 0) is 37.3 Å². The standard InChI is InChI=1S/C19H13ClN4O3S/c1-10-7-16(21-18(25)11-5-6-13-14(8-11)27-9-26-13)24(23-10)19-22-17-12(20)3-2-4-15(17)28-19/h2-8H,9H2,1H3,(H,21,25). The van der Waals surface area contributed by atoms with Gasteiger partial charge in [0.05, 0.1) is 15.4 Å². The number of carbonyl (C=O) groups is 1. The number of nitrogens with zero attached hydrogens (tertiary/aromatic N) is 3. The van der Waals surface area contributed by atoms with E-state index in [1.165, 1.54) is 11.3 Å². The Bertz CT molecular complexity index is 1230. The summed E-state index contributed by atoms with van der Waals surface area (Å²) < 4.78 is 13.2. The van der Waals surface area contributed by atoms with Crippen LogP contribution in [0.1, 0.15) is 16.1 Å². The Morgan fingerprint density at radius 1 is 1.21 bits per heavy atom. The number of hydrogen-bond acceptors (Lipinski definition) is 6. The van der Waals surface area contributed by atoms with E-state index >= 15 is 0 Å². The summed E-state index contributed by atoms with van der Waals surface area (Å²) in [6.45, 7) is 2.01. The molecule has 0 saturated heterocycles. The highest BCUT2D eigenvalue weighted by Crippen LogP contribution is 2.33. The van der Waals surface area contributed by atoms with E-state index in [1.807, 2.05) is 19.1 Å². The molecular formula is C19H13ClN4O3S. The normalized spacial score (nSPS) is 12.5. The van der Waals surface area contributed by atoms with Gasteiger partial charge < -0.3 is 14.8 Å². The molecule has 1 N–H and O–H groups in total. The van der Waals surface area contributed by atoms with Gasteiger partial charge in [-0.2, -0.15) is 9.78 Å². The van der Waals surface area contributed by atoms with Crippen LogP contribution in [0.2, 0.25) is 5.02 Å². The molecule has 0 bridgehead atoms. The Morgan fingerprint density at radius 2 is 2.07 bits per heavy atom. The van der Waals surface area contributed by atoms with Gasteiger partial charge in [0.15, 0.2) is 11.5 Å². The third-order valence-electron chi connectivity index (χ3n) is 4.25. The van der Waals surface area contributed by atoms with Crippen LogP contribution in [0.25, 0.3) is 15.3 Å². The number of benzene rings is 2. The number of anilines is 1. The zero-order valence-electron chi connectivity index (χ0n) is 14.6. The Labute approximate surface area is 168 Å². The van der Waals surface area contributed by atoms with E-state index < -0.39 is 0 Å². The van der Waals surface area contributed by atoms with Gasteiger partial charge in [-0.15, -0.1) is 0 Å². The lowest BCUT2D eigenvalue weighted by Gasteiger charge is -2.07. The molecule has 0 radical (unpaired) electrons. The molecule has 0 fully saturated rings. The smallest absolute Gasteiger partial charge is 0.256 e. The lowest BCUT2D eigenvalue weighted by Crippen LogP contribution is -2.15. The van der Waals surface area contributed by atoms with E-state index in [1.54, 1.807) is 35.0 Å². The minimum absolute atomic E-state index is 0.159. The third kappa shape index (κ3) is 2.87. The zero-order chi connectivity index (χ0) is 19.3. The second kappa shape index (κ2) is 6.50. The van der Waals surface area contributed by atoms with Gasteiger partial charge in [0, 0.05) is 11.6 Å². The van der Waals surface area contributed by atoms with Crippen LogP contribution < -0.4 is 14.8 Å². The molecule has 0 unspecified atom stereocenters. The van der Waals surface area contributed by atoms with Gasteiger partial charge in [0.1, 0.15) is 11.3 Å². The largest absolute Gasteiger partial charge is 0.454 e. The summed E-state index contributed by atoms with van der Waals surface area (Å²) in [7, 11) is 0. The lowest BCUT2D eigenvalue weighted by atomic mass is 10.2. The van der Waals surface area contributed by atoms with Gasteiger partial charge in [-0.3, -0.25) is 4.79 Å². The maximum absolute atomic E-state index is 12.7. The third-order valence-corrected chi connectivity index (χ3v) is 5.55. The van der Waals surface area contributed by atoms with Crippen LogP contribution in [-0.2, 0) is 0 Å². The number of fused-ring (bicyclic) bond motifs is 2. The van der Waals surface area contributed by atoms with Gasteiger partial charge in [0.2, 0.25) is 11.9 Å². The minimum atomic E-state index is -0.279. The molecule has 140 valence electrons. The number of halogens is 1. The summed E-state index contributed by atoms with van der Waals surface area (Å²) in [5.74, 6) is 1.43. The van der Waals surface area contributed by atoms with Crippen molar-refractivity contribution in [3.8, 4) is 16.6 Å². The molecule has 9 heteroatoms. The van der Waals surface area contributed by atoms with E-state index in [0.29, 0.717) is 38.6 Å². The molecule has 1 aliphatic rings. The summed E-state index contributed by atoms with van der Waals surface area (Å²) >= 11 is 7.68. The maximum Gasteiger partial charge on any atom is 0.256 e. The van der Waals surface area contributed by atoms with Crippen LogP contribution in [0.5, 0.6) is 11.5 Å². The van der Waals surface area contributed by atoms with Crippen molar-refractivity contribution in [2.45, 2.75) is 6.92 Å². The molecule has 3 heterocycles. The molecule has 2 aromatic carbocycles. The first-order chi connectivity index (χ1) is 13.6. The van der Waals surface area contributed by atoms with Gasteiger partial charge >= 0.3 is 0 Å². The topological polar surface area (TPSA) is 78.3 Å². The fourth-order valence-electron chi connectivity index (χ4n) is 2.95. The van der Waals surface area contributed by atoms with Crippen molar-refractivity contribution < 1.29 is 14.3 Å². The van der Waals surface area contributed by atoms with Crippen molar-refractivity contribution >= 4 is 44.9 Å². The van der Waals surface area contributed by atoms with Crippen LogP contribution in [0.4, 0.5) is 5.82 Å². The van der Waals surface area contributed by atoms with Crippen LogP contribution in [0.15, 0.2) is 42.5 Å². The van der Waals surface area contributed by atoms with Crippen LogP contribution in [0.3, 0.4) is 0 Å². The number of aromatic nitrogens is 3. The molecular weight excluding hydrogens is 400 g/mol.